The zero-order valence-corrected chi connectivity index (χ0v) is 10.1. The molecule has 0 atom stereocenters. The number of hydrogen-bond donors (Lipinski definition) is 4. The van der Waals surface area contributed by atoms with Crippen molar-refractivity contribution in [1.82, 2.24) is 0 Å². The van der Waals surface area contributed by atoms with Crippen molar-refractivity contribution in [2.45, 2.75) is 0 Å². The molecule has 6 nitrogen and oxygen atoms in total. The maximum Gasteiger partial charge on any atom is 0.197 e. The second kappa shape index (κ2) is 4.45. The Morgan fingerprint density at radius 2 is 1.67 bits per heavy atom. The van der Waals surface area contributed by atoms with E-state index in [2.05, 4.69) is 0 Å². The Balaban J connectivity index is 2.57. The van der Waals surface area contributed by atoms with Crippen molar-refractivity contribution in [2.75, 3.05) is 0 Å². The molecule has 0 saturated heterocycles. The number of phenols is 4. The maximum atomic E-state index is 12.5. The molecular formula is C15H10O6. The van der Waals surface area contributed by atoms with Gasteiger partial charge in [-0.15, -0.1) is 0 Å². The summed E-state index contributed by atoms with van der Waals surface area (Å²) in [6.07, 6.45) is 0. The van der Waals surface area contributed by atoms with Gasteiger partial charge in [0.1, 0.15) is 28.2 Å². The van der Waals surface area contributed by atoms with Crippen LogP contribution in [-0.4, -0.2) is 20.4 Å². The van der Waals surface area contributed by atoms with E-state index in [1.54, 1.807) is 0 Å². The van der Waals surface area contributed by atoms with E-state index in [-0.39, 0.29) is 0 Å². The summed E-state index contributed by atoms with van der Waals surface area (Å²) in [5.41, 5.74) is -2.61. The van der Waals surface area contributed by atoms with Crippen LogP contribution in [0.5, 0.6) is 23.0 Å². The molecule has 0 aliphatic carbocycles. The molecule has 0 aliphatic rings. The zero-order chi connectivity index (χ0) is 20.4. The topological polar surface area (TPSA) is 111 Å². The Hall–Kier alpha value is -3.15. The van der Waals surface area contributed by atoms with Gasteiger partial charge in [0, 0.05) is 23.7 Å². The summed E-state index contributed by atoms with van der Waals surface area (Å²) in [7, 11) is 0. The molecule has 1 aromatic heterocycles. The zero-order valence-electron chi connectivity index (χ0n) is 16.1. The molecular weight excluding hydrogens is 276 g/mol. The number of rotatable bonds is 1. The Kier molecular flexibility index (Phi) is 1.61. The highest BCUT2D eigenvalue weighted by Gasteiger charge is 2.13. The first-order valence-electron chi connectivity index (χ1n) is 8.51. The molecule has 0 saturated carbocycles. The summed E-state index contributed by atoms with van der Waals surface area (Å²) in [5, 5.41) is 38.2. The fraction of sp³-hybridized carbons (Fsp3) is 0. The largest absolute Gasteiger partial charge is 0.508 e. The van der Waals surface area contributed by atoms with Crippen LogP contribution in [0.1, 0.15) is 8.22 Å². The SMILES string of the molecule is [2H]c1c([2H])c(-c2oc3c([2H])c(O)c([2H])c(O)c3c(=O)c2[2H])c([2H])c(O)c1O. The van der Waals surface area contributed by atoms with E-state index in [1.807, 2.05) is 0 Å². The molecule has 106 valence electrons. The first-order valence-corrected chi connectivity index (χ1v) is 5.51. The van der Waals surface area contributed by atoms with Crippen LogP contribution in [0.2, 0.25) is 0 Å². The average Bonchev–Trinajstić information content (AvgIpc) is 2.64. The molecule has 0 spiro atoms. The Bertz CT molecular complexity index is 1170. The third kappa shape index (κ3) is 2.12. The van der Waals surface area contributed by atoms with Crippen molar-refractivity contribution in [1.29, 1.82) is 0 Å². The Morgan fingerprint density at radius 3 is 2.43 bits per heavy atom. The minimum Gasteiger partial charge on any atom is -0.508 e. The molecule has 6 heteroatoms. The molecule has 0 bridgehead atoms. The summed E-state index contributed by atoms with van der Waals surface area (Å²) in [6.45, 7) is 0. The van der Waals surface area contributed by atoms with Crippen LogP contribution in [0.4, 0.5) is 0 Å². The van der Waals surface area contributed by atoms with Crippen molar-refractivity contribution in [3.8, 4) is 34.3 Å². The van der Waals surface area contributed by atoms with Crippen molar-refractivity contribution in [2.24, 2.45) is 0 Å². The van der Waals surface area contributed by atoms with E-state index in [9.17, 15) is 25.2 Å². The fourth-order valence-corrected chi connectivity index (χ4v) is 1.68. The summed E-state index contributed by atoms with van der Waals surface area (Å²) in [5.74, 6) is -4.92. The minimum atomic E-state index is -1.22. The normalized spacial score (nSPS) is 14.9. The van der Waals surface area contributed by atoms with Crippen LogP contribution in [0.15, 0.2) is 45.5 Å². The van der Waals surface area contributed by atoms with Gasteiger partial charge in [-0.05, 0) is 18.1 Å². The van der Waals surface area contributed by atoms with Gasteiger partial charge in [-0.1, -0.05) is 0 Å². The van der Waals surface area contributed by atoms with Crippen molar-refractivity contribution < 1.29 is 33.1 Å². The molecule has 0 aliphatic heterocycles. The molecule has 2 aromatic carbocycles. The number of hydrogen-bond acceptors (Lipinski definition) is 6. The van der Waals surface area contributed by atoms with E-state index < -0.39 is 87.0 Å². The van der Waals surface area contributed by atoms with Crippen molar-refractivity contribution in [3.63, 3.8) is 0 Å². The standard InChI is InChI=1S/C15H10O6/c16-8-4-11(19)15-12(20)6-13(21-14(15)5-8)7-1-2-9(17)10(18)3-7/h1-6,16-19H/i1D,2D,3D,4D,5D,6D. The van der Waals surface area contributed by atoms with E-state index in [4.69, 9.17) is 12.6 Å². The van der Waals surface area contributed by atoms with Gasteiger partial charge < -0.3 is 24.8 Å². The first-order chi connectivity index (χ1) is 12.5. The van der Waals surface area contributed by atoms with E-state index >= 15 is 0 Å². The van der Waals surface area contributed by atoms with Gasteiger partial charge in [0.15, 0.2) is 16.9 Å². The first kappa shape index (κ1) is 7.58. The number of phenolic OH excluding ortho intramolecular Hbond substituents is 4. The predicted octanol–water partition coefficient (Wildman–Crippen LogP) is 2.28. The maximum absolute atomic E-state index is 12.5. The van der Waals surface area contributed by atoms with Gasteiger partial charge in [0.2, 0.25) is 0 Å². The van der Waals surface area contributed by atoms with Gasteiger partial charge >= 0.3 is 0 Å². The van der Waals surface area contributed by atoms with Crippen LogP contribution in [0, 0.1) is 0 Å². The molecule has 4 N–H and O–H groups in total. The molecule has 3 aromatic rings. The molecule has 0 unspecified atom stereocenters. The van der Waals surface area contributed by atoms with Crippen molar-refractivity contribution >= 4 is 11.0 Å². The fourth-order valence-electron chi connectivity index (χ4n) is 1.68. The van der Waals surface area contributed by atoms with Crippen LogP contribution >= 0.6 is 0 Å². The summed E-state index contributed by atoms with van der Waals surface area (Å²) in [6, 6.07) is -5.36. The second-order valence-corrected chi connectivity index (χ2v) is 3.98. The highest BCUT2D eigenvalue weighted by Crippen LogP contribution is 2.33. The van der Waals surface area contributed by atoms with E-state index in [0.29, 0.717) is 0 Å². The lowest BCUT2D eigenvalue weighted by atomic mass is 10.1. The van der Waals surface area contributed by atoms with Gasteiger partial charge in [0.05, 0.1) is 8.22 Å². The second-order valence-electron chi connectivity index (χ2n) is 3.98. The third-order valence-electron chi connectivity index (χ3n) is 2.59. The van der Waals surface area contributed by atoms with Gasteiger partial charge in [-0.2, -0.15) is 0 Å². The lowest BCUT2D eigenvalue weighted by Crippen LogP contribution is -2.00. The van der Waals surface area contributed by atoms with Crippen LogP contribution in [-0.2, 0) is 0 Å². The highest BCUT2D eigenvalue weighted by molar-refractivity contribution is 5.86. The Morgan fingerprint density at radius 1 is 0.905 bits per heavy atom. The average molecular weight is 292 g/mol. The number of benzene rings is 2. The summed E-state index contributed by atoms with van der Waals surface area (Å²) < 4.78 is 51.7. The monoisotopic (exact) mass is 292 g/mol. The van der Waals surface area contributed by atoms with Crippen LogP contribution in [0.3, 0.4) is 0 Å². The molecule has 0 radical (unpaired) electrons. The molecule has 0 amide bonds. The number of fused-ring (bicyclic) bond motifs is 1. The van der Waals surface area contributed by atoms with Gasteiger partial charge in [0.25, 0.3) is 0 Å². The molecule has 21 heavy (non-hydrogen) atoms. The number of aromatic hydroxyl groups is 4. The Labute approximate surface area is 126 Å². The third-order valence-corrected chi connectivity index (χ3v) is 2.59. The van der Waals surface area contributed by atoms with Crippen LogP contribution < -0.4 is 5.43 Å². The van der Waals surface area contributed by atoms with E-state index in [1.165, 1.54) is 0 Å². The van der Waals surface area contributed by atoms with Crippen molar-refractivity contribution in [3.05, 3.63) is 46.5 Å². The van der Waals surface area contributed by atoms with Crippen LogP contribution in [0.25, 0.3) is 22.3 Å². The smallest absolute Gasteiger partial charge is 0.197 e. The summed E-state index contributed by atoms with van der Waals surface area (Å²) in [4.78, 5) is 12.5. The summed E-state index contributed by atoms with van der Waals surface area (Å²) >= 11 is 0. The molecule has 0 fully saturated rings. The lowest BCUT2D eigenvalue weighted by molar-refractivity contribution is 0.404. The van der Waals surface area contributed by atoms with Gasteiger partial charge in [-0.25, -0.2) is 0 Å². The minimum absolute atomic E-state index is 0.673. The quantitative estimate of drug-likeness (QED) is 0.512. The predicted molar refractivity (Wildman–Crippen MR) is 74.6 cm³/mol. The molecule has 1 heterocycles. The highest BCUT2D eigenvalue weighted by atomic mass is 16.3. The lowest BCUT2D eigenvalue weighted by Gasteiger charge is -2.06. The van der Waals surface area contributed by atoms with E-state index in [0.717, 1.165) is 0 Å². The van der Waals surface area contributed by atoms with Gasteiger partial charge in [-0.3, -0.25) is 4.79 Å². The molecule has 3 rings (SSSR count).